The van der Waals surface area contributed by atoms with Crippen LogP contribution in [-0.2, 0) is 4.74 Å². The van der Waals surface area contributed by atoms with Crippen LogP contribution in [0.1, 0.15) is 43.5 Å². The van der Waals surface area contributed by atoms with Gasteiger partial charge in [-0.3, -0.25) is 9.69 Å². The van der Waals surface area contributed by atoms with E-state index in [9.17, 15) is 4.79 Å². The quantitative estimate of drug-likeness (QED) is 0.860. The minimum Gasteiger partial charge on any atom is -0.491 e. The maximum Gasteiger partial charge on any atom is 0.251 e. The van der Waals surface area contributed by atoms with Crippen molar-refractivity contribution in [3.05, 3.63) is 29.8 Å². The third-order valence-electron chi connectivity index (χ3n) is 5.11. The number of nitrogens with zero attached hydrogens (tertiary/aromatic N) is 1. The Morgan fingerprint density at radius 1 is 1.24 bits per heavy atom. The molecule has 25 heavy (non-hydrogen) atoms. The number of benzene rings is 1. The molecule has 1 N–H and O–H groups in total. The van der Waals surface area contributed by atoms with Crippen molar-refractivity contribution in [3.8, 4) is 5.75 Å². The van der Waals surface area contributed by atoms with Crippen LogP contribution < -0.4 is 10.1 Å². The van der Waals surface area contributed by atoms with Gasteiger partial charge in [0.05, 0.1) is 12.7 Å². The fourth-order valence-corrected chi connectivity index (χ4v) is 3.63. The first-order valence-corrected chi connectivity index (χ1v) is 9.48. The summed E-state index contributed by atoms with van der Waals surface area (Å²) in [5.41, 5.74) is 0.691. The van der Waals surface area contributed by atoms with E-state index in [0.29, 0.717) is 17.5 Å². The molecule has 0 bridgehead atoms. The summed E-state index contributed by atoms with van der Waals surface area (Å²) in [6.07, 6.45) is 3.61. The molecular formula is C20H30N2O3. The predicted octanol–water partition coefficient (Wildman–Crippen LogP) is 2.70. The van der Waals surface area contributed by atoms with Gasteiger partial charge in [-0.1, -0.05) is 0 Å². The minimum atomic E-state index is 0.00252. The summed E-state index contributed by atoms with van der Waals surface area (Å²) in [5.74, 6) is 1.38. The van der Waals surface area contributed by atoms with Gasteiger partial charge in [-0.15, -0.1) is 0 Å². The van der Waals surface area contributed by atoms with Crippen LogP contribution in [0.3, 0.4) is 0 Å². The lowest BCUT2D eigenvalue weighted by molar-refractivity contribution is 0.0911. The second kappa shape index (κ2) is 8.68. The number of carbonyl (C=O) groups excluding carboxylic acids is 1. The zero-order valence-corrected chi connectivity index (χ0v) is 15.4. The molecule has 2 heterocycles. The topological polar surface area (TPSA) is 50.8 Å². The fourth-order valence-electron chi connectivity index (χ4n) is 3.63. The monoisotopic (exact) mass is 346 g/mol. The summed E-state index contributed by atoms with van der Waals surface area (Å²) in [5, 5.41) is 3.09. The molecule has 2 aliphatic rings. The first-order valence-electron chi connectivity index (χ1n) is 9.48. The van der Waals surface area contributed by atoms with E-state index in [1.807, 2.05) is 38.1 Å². The number of piperidine rings is 1. The molecule has 0 aromatic heterocycles. The van der Waals surface area contributed by atoms with E-state index >= 15 is 0 Å². The average molecular weight is 346 g/mol. The summed E-state index contributed by atoms with van der Waals surface area (Å²) < 4.78 is 11.1. The Bertz CT molecular complexity index is 545. The zero-order valence-electron chi connectivity index (χ0n) is 15.4. The number of likely N-dealkylation sites (tertiary alicyclic amines) is 1. The summed E-state index contributed by atoms with van der Waals surface area (Å²) in [6.45, 7) is 8.78. The van der Waals surface area contributed by atoms with Gasteiger partial charge < -0.3 is 14.8 Å². The maximum absolute atomic E-state index is 12.3. The summed E-state index contributed by atoms with van der Waals surface area (Å²) >= 11 is 0. The van der Waals surface area contributed by atoms with Crippen LogP contribution in [-0.4, -0.2) is 55.8 Å². The van der Waals surface area contributed by atoms with Crippen LogP contribution in [0.4, 0.5) is 0 Å². The van der Waals surface area contributed by atoms with Crippen LogP contribution in [0.15, 0.2) is 24.3 Å². The first-order chi connectivity index (χ1) is 12.1. The second-order valence-electron chi connectivity index (χ2n) is 7.40. The third-order valence-corrected chi connectivity index (χ3v) is 5.11. The normalized spacial score (nSPS) is 22.3. The highest BCUT2D eigenvalue weighted by molar-refractivity contribution is 5.94. The molecular weight excluding hydrogens is 316 g/mol. The van der Waals surface area contributed by atoms with Gasteiger partial charge in [0.1, 0.15) is 5.75 Å². The molecule has 0 unspecified atom stereocenters. The standard InChI is InChI=1S/C20H30N2O3/c1-15(2)25-19-5-3-17(4-6-19)20(23)21-13-16-7-10-22(11-8-16)18-9-12-24-14-18/h3-6,15-16,18H,7-14H2,1-2H3,(H,21,23)/t18-/m0/s1. The van der Waals surface area contributed by atoms with Crippen molar-refractivity contribution < 1.29 is 14.3 Å². The lowest BCUT2D eigenvalue weighted by Gasteiger charge is -2.35. The third kappa shape index (κ3) is 5.19. The average Bonchev–Trinajstić information content (AvgIpc) is 3.15. The molecule has 0 aliphatic carbocycles. The molecule has 0 saturated carbocycles. The number of carbonyl (C=O) groups is 1. The van der Waals surface area contributed by atoms with Gasteiger partial charge in [-0.05, 0) is 76.4 Å². The molecule has 5 nitrogen and oxygen atoms in total. The fraction of sp³-hybridized carbons (Fsp3) is 0.650. The smallest absolute Gasteiger partial charge is 0.251 e. The van der Waals surface area contributed by atoms with Crippen molar-refractivity contribution >= 4 is 5.91 Å². The number of nitrogens with one attached hydrogen (secondary N) is 1. The van der Waals surface area contributed by atoms with Crippen LogP contribution >= 0.6 is 0 Å². The zero-order chi connectivity index (χ0) is 17.6. The van der Waals surface area contributed by atoms with E-state index < -0.39 is 0 Å². The lowest BCUT2D eigenvalue weighted by Crippen LogP contribution is -2.43. The number of hydrogen-bond donors (Lipinski definition) is 1. The van der Waals surface area contributed by atoms with Crippen LogP contribution in [0, 0.1) is 5.92 Å². The highest BCUT2D eigenvalue weighted by Crippen LogP contribution is 2.22. The highest BCUT2D eigenvalue weighted by atomic mass is 16.5. The van der Waals surface area contributed by atoms with Crippen molar-refractivity contribution in [2.24, 2.45) is 5.92 Å². The van der Waals surface area contributed by atoms with Crippen molar-refractivity contribution in [3.63, 3.8) is 0 Å². The molecule has 1 aromatic carbocycles. The van der Waals surface area contributed by atoms with E-state index in [1.54, 1.807) is 0 Å². The lowest BCUT2D eigenvalue weighted by atomic mass is 9.95. The van der Waals surface area contributed by atoms with Gasteiger partial charge in [0.25, 0.3) is 5.91 Å². The predicted molar refractivity (Wildman–Crippen MR) is 98.1 cm³/mol. The van der Waals surface area contributed by atoms with Crippen molar-refractivity contribution in [2.75, 3.05) is 32.8 Å². The molecule has 1 amide bonds. The highest BCUT2D eigenvalue weighted by Gasteiger charge is 2.27. The summed E-state index contributed by atoms with van der Waals surface area (Å²) in [7, 11) is 0. The number of hydrogen-bond acceptors (Lipinski definition) is 4. The Kier molecular flexibility index (Phi) is 6.32. The van der Waals surface area contributed by atoms with Crippen molar-refractivity contribution in [2.45, 2.75) is 45.3 Å². The maximum atomic E-state index is 12.3. The molecule has 0 spiro atoms. The van der Waals surface area contributed by atoms with Crippen LogP contribution in [0.5, 0.6) is 5.75 Å². The Labute approximate surface area is 150 Å². The van der Waals surface area contributed by atoms with Crippen LogP contribution in [0.25, 0.3) is 0 Å². The number of rotatable bonds is 6. The molecule has 5 heteroatoms. The molecule has 2 saturated heterocycles. The SMILES string of the molecule is CC(C)Oc1ccc(C(=O)NCC2CCN([C@H]3CCOC3)CC2)cc1. The Balaban J connectivity index is 1.40. The molecule has 0 radical (unpaired) electrons. The van der Waals surface area contributed by atoms with Crippen LogP contribution in [0.2, 0.25) is 0 Å². The van der Waals surface area contributed by atoms with E-state index in [1.165, 1.54) is 0 Å². The summed E-state index contributed by atoms with van der Waals surface area (Å²) in [6, 6.07) is 7.99. The number of ether oxygens (including phenoxy) is 2. The Hall–Kier alpha value is -1.59. The van der Waals surface area contributed by atoms with Gasteiger partial charge >= 0.3 is 0 Å². The second-order valence-corrected chi connectivity index (χ2v) is 7.40. The van der Waals surface area contributed by atoms with Gasteiger partial charge in [-0.2, -0.15) is 0 Å². The largest absolute Gasteiger partial charge is 0.491 e. The molecule has 2 fully saturated rings. The van der Waals surface area contributed by atoms with Gasteiger partial charge in [-0.25, -0.2) is 0 Å². The molecule has 138 valence electrons. The molecule has 2 aliphatic heterocycles. The molecule has 1 atom stereocenters. The first kappa shape index (κ1) is 18.2. The molecule has 1 aromatic rings. The minimum absolute atomic E-state index is 0.00252. The Morgan fingerprint density at radius 3 is 2.56 bits per heavy atom. The van der Waals surface area contributed by atoms with Gasteiger partial charge in [0, 0.05) is 24.8 Å². The van der Waals surface area contributed by atoms with Crippen molar-refractivity contribution in [1.29, 1.82) is 0 Å². The summed E-state index contributed by atoms with van der Waals surface area (Å²) in [4.78, 5) is 14.9. The van der Waals surface area contributed by atoms with Crippen molar-refractivity contribution in [1.82, 2.24) is 10.2 Å². The van der Waals surface area contributed by atoms with E-state index in [2.05, 4.69) is 10.2 Å². The Morgan fingerprint density at radius 2 is 1.96 bits per heavy atom. The number of amides is 1. The van der Waals surface area contributed by atoms with Gasteiger partial charge in [0.2, 0.25) is 0 Å². The molecule has 3 rings (SSSR count). The van der Waals surface area contributed by atoms with E-state index in [4.69, 9.17) is 9.47 Å². The van der Waals surface area contributed by atoms with Gasteiger partial charge in [0.15, 0.2) is 0 Å². The van der Waals surface area contributed by atoms with E-state index in [-0.39, 0.29) is 12.0 Å². The van der Waals surface area contributed by atoms with E-state index in [0.717, 1.165) is 57.9 Å².